The second-order valence-corrected chi connectivity index (χ2v) is 8.42. The van der Waals surface area contributed by atoms with E-state index in [1.165, 1.54) is 10.5 Å². The fraction of sp³-hybridized carbons (Fsp3) is 0.476. The van der Waals surface area contributed by atoms with Gasteiger partial charge in [-0.05, 0) is 50.1 Å². The molecule has 1 aromatic carbocycles. The van der Waals surface area contributed by atoms with E-state index < -0.39 is 0 Å². The smallest absolute Gasteiger partial charge is 0.220 e. The standard InChI is InChI=1S/C21H28N4O2S/c1-15-17(14-25(2)24-15)13-22-19(26)8-10-21(11-9-20(27)23-21)12-16-4-6-18(28-3)7-5-16/h4-7,14H,8-13H2,1-3H3,(H,22,26)(H,23,27). The number of nitrogens with one attached hydrogen (secondary N) is 2. The molecule has 0 saturated carbocycles. The fourth-order valence-electron chi connectivity index (χ4n) is 3.77. The zero-order chi connectivity index (χ0) is 20.1. The molecule has 0 bridgehead atoms. The number of amides is 2. The van der Waals surface area contributed by atoms with Crippen LogP contribution in [0, 0.1) is 6.92 Å². The predicted octanol–water partition coefficient (Wildman–Crippen LogP) is 2.74. The Morgan fingerprint density at radius 2 is 2.11 bits per heavy atom. The Labute approximate surface area is 170 Å². The topological polar surface area (TPSA) is 76.0 Å². The van der Waals surface area contributed by atoms with Crippen molar-refractivity contribution in [2.24, 2.45) is 7.05 Å². The average Bonchev–Trinajstić information content (AvgIpc) is 3.20. The summed E-state index contributed by atoms with van der Waals surface area (Å²) in [6.07, 6.45) is 7.06. The van der Waals surface area contributed by atoms with Gasteiger partial charge >= 0.3 is 0 Å². The van der Waals surface area contributed by atoms with Crippen LogP contribution in [-0.2, 0) is 29.6 Å². The van der Waals surface area contributed by atoms with E-state index in [1.807, 2.05) is 20.2 Å². The molecule has 150 valence electrons. The lowest BCUT2D eigenvalue weighted by atomic mass is 9.85. The van der Waals surface area contributed by atoms with Gasteiger partial charge in [-0.15, -0.1) is 11.8 Å². The van der Waals surface area contributed by atoms with Gasteiger partial charge < -0.3 is 10.6 Å². The van der Waals surface area contributed by atoms with Crippen LogP contribution >= 0.6 is 11.8 Å². The molecule has 7 heteroatoms. The van der Waals surface area contributed by atoms with Gasteiger partial charge in [0.15, 0.2) is 0 Å². The van der Waals surface area contributed by atoms with E-state index in [0.717, 1.165) is 24.1 Å². The Morgan fingerprint density at radius 3 is 2.68 bits per heavy atom. The first-order valence-corrected chi connectivity index (χ1v) is 10.8. The lowest BCUT2D eigenvalue weighted by Crippen LogP contribution is -2.44. The fourth-order valence-corrected chi connectivity index (χ4v) is 4.18. The summed E-state index contributed by atoms with van der Waals surface area (Å²) in [6.45, 7) is 2.42. The van der Waals surface area contributed by atoms with Crippen molar-refractivity contribution in [2.75, 3.05) is 6.26 Å². The van der Waals surface area contributed by atoms with E-state index in [1.54, 1.807) is 16.4 Å². The number of nitrogens with zero attached hydrogens (tertiary/aromatic N) is 2. The second-order valence-electron chi connectivity index (χ2n) is 7.54. The van der Waals surface area contributed by atoms with Crippen molar-refractivity contribution in [1.82, 2.24) is 20.4 Å². The summed E-state index contributed by atoms with van der Waals surface area (Å²) in [5.74, 6) is 0.0774. The average molecular weight is 401 g/mol. The quantitative estimate of drug-likeness (QED) is 0.668. The van der Waals surface area contributed by atoms with Crippen LogP contribution in [0.3, 0.4) is 0 Å². The minimum absolute atomic E-state index is 0.00140. The van der Waals surface area contributed by atoms with E-state index in [-0.39, 0.29) is 17.4 Å². The van der Waals surface area contributed by atoms with E-state index in [0.29, 0.717) is 25.8 Å². The summed E-state index contributed by atoms with van der Waals surface area (Å²) < 4.78 is 1.75. The molecule has 3 rings (SSSR count). The first kappa shape index (κ1) is 20.5. The number of thioether (sulfide) groups is 1. The zero-order valence-electron chi connectivity index (χ0n) is 16.7. The van der Waals surface area contributed by atoms with Crippen LogP contribution in [0.4, 0.5) is 0 Å². The van der Waals surface area contributed by atoms with Crippen molar-refractivity contribution in [3.05, 3.63) is 47.3 Å². The second kappa shape index (κ2) is 8.82. The van der Waals surface area contributed by atoms with Crippen LogP contribution in [0.1, 0.15) is 42.5 Å². The molecule has 1 fully saturated rings. The molecule has 2 amide bonds. The molecule has 0 aliphatic carbocycles. The summed E-state index contributed by atoms with van der Waals surface area (Å²) in [5, 5.41) is 10.4. The van der Waals surface area contributed by atoms with Crippen molar-refractivity contribution < 1.29 is 9.59 Å². The third-order valence-electron chi connectivity index (χ3n) is 5.36. The minimum atomic E-state index is -0.334. The Hall–Kier alpha value is -2.28. The molecule has 1 saturated heterocycles. The van der Waals surface area contributed by atoms with Crippen LogP contribution in [0.2, 0.25) is 0 Å². The molecule has 1 aliphatic rings. The monoisotopic (exact) mass is 400 g/mol. The Morgan fingerprint density at radius 1 is 1.36 bits per heavy atom. The van der Waals surface area contributed by atoms with Gasteiger partial charge in [-0.25, -0.2) is 0 Å². The van der Waals surface area contributed by atoms with E-state index >= 15 is 0 Å². The third kappa shape index (κ3) is 5.16. The minimum Gasteiger partial charge on any atom is -0.352 e. The molecule has 2 N–H and O–H groups in total. The highest BCUT2D eigenvalue weighted by atomic mass is 32.2. The maximum absolute atomic E-state index is 12.4. The lowest BCUT2D eigenvalue weighted by molar-refractivity contribution is -0.122. The van der Waals surface area contributed by atoms with Gasteiger partial charge in [0.05, 0.1) is 5.69 Å². The van der Waals surface area contributed by atoms with Gasteiger partial charge in [-0.2, -0.15) is 5.10 Å². The zero-order valence-corrected chi connectivity index (χ0v) is 17.6. The lowest BCUT2D eigenvalue weighted by Gasteiger charge is -2.29. The Balaban J connectivity index is 1.58. The van der Waals surface area contributed by atoms with Crippen LogP contribution in [0.25, 0.3) is 0 Å². The summed E-state index contributed by atoms with van der Waals surface area (Å²) in [7, 11) is 1.87. The van der Waals surface area contributed by atoms with Gasteiger partial charge in [0, 0.05) is 48.6 Å². The van der Waals surface area contributed by atoms with Gasteiger partial charge in [-0.1, -0.05) is 12.1 Å². The molecule has 1 aromatic heterocycles. The molecule has 6 nitrogen and oxygen atoms in total. The van der Waals surface area contributed by atoms with E-state index in [9.17, 15) is 9.59 Å². The number of carbonyl (C=O) groups is 2. The highest BCUT2D eigenvalue weighted by Gasteiger charge is 2.37. The maximum atomic E-state index is 12.4. The Kier molecular flexibility index (Phi) is 6.44. The van der Waals surface area contributed by atoms with Crippen LogP contribution < -0.4 is 10.6 Å². The molecule has 1 aliphatic heterocycles. The SMILES string of the molecule is CSc1ccc(CC2(CCC(=O)NCc3cn(C)nc3C)CCC(=O)N2)cc1. The van der Waals surface area contributed by atoms with E-state index in [2.05, 4.69) is 46.3 Å². The molecule has 2 heterocycles. The summed E-state index contributed by atoms with van der Waals surface area (Å²) in [6, 6.07) is 8.44. The first-order chi connectivity index (χ1) is 13.4. The van der Waals surface area contributed by atoms with Gasteiger partial charge in [0.2, 0.25) is 11.8 Å². The number of rotatable bonds is 8. The number of aromatic nitrogens is 2. The van der Waals surface area contributed by atoms with Crippen LogP contribution in [-0.4, -0.2) is 33.4 Å². The van der Waals surface area contributed by atoms with Crippen molar-refractivity contribution in [1.29, 1.82) is 0 Å². The largest absolute Gasteiger partial charge is 0.352 e. The number of aryl methyl sites for hydroxylation is 2. The van der Waals surface area contributed by atoms with Crippen molar-refractivity contribution >= 4 is 23.6 Å². The highest BCUT2D eigenvalue weighted by molar-refractivity contribution is 7.98. The Bertz CT molecular complexity index is 847. The van der Waals surface area contributed by atoms with E-state index in [4.69, 9.17) is 0 Å². The molecule has 1 unspecified atom stereocenters. The highest BCUT2D eigenvalue weighted by Crippen LogP contribution is 2.30. The van der Waals surface area contributed by atoms with Gasteiger partial charge in [0.1, 0.15) is 0 Å². The predicted molar refractivity (Wildman–Crippen MR) is 111 cm³/mol. The molecule has 1 atom stereocenters. The van der Waals surface area contributed by atoms with Crippen LogP contribution in [0.5, 0.6) is 0 Å². The number of benzene rings is 1. The molecule has 0 radical (unpaired) electrons. The van der Waals surface area contributed by atoms with Gasteiger partial charge in [0.25, 0.3) is 0 Å². The molecular weight excluding hydrogens is 372 g/mol. The van der Waals surface area contributed by atoms with Crippen LogP contribution in [0.15, 0.2) is 35.4 Å². The number of hydrogen-bond acceptors (Lipinski definition) is 4. The maximum Gasteiger partial charge on any atom is 0.220 e. The molecule has 0 spiro atoms. The van der Waals surface area contributed by atoms with Crippen molar-refractivity contribution in [2.45, 2.75) is 56.0 Å². The first-order valence-electron chi connectivity index (χ1n) is 9.59. The molecule has 28 heavy (non-hydrogen) atoms. The number of hydrogen-bond donors (Lipinski definition) is 2. The third-order valence-corrected chi connectivity index (χ3v) is 6.10. The summed E-state index contributed by atoms with van der Waals surface area (Å²) >= 11 is 1.71. The van der Waals surface area contributed by atoms with Gasteiger partial charge in [-0.3, -0.25) is 14.3 Å². The summed E-state index contributed by atoms with van der Waals surface area (Å²) in [4.78, 5) is 25.5. The normalized spacial score (nSPS) is 18.9. The van der Waals surface area contributed by atoms with Crippen molar-refractivity contribution in [3.8, 4) is 0 Å². The number of carbonyl (C=O) groups excluding carboxylic acids is 2. The molecule has 2 aromatic rings. The summed E-state index contributed by atoms with van der Waals surface area (Å²) in [5.41, 5.74) is 2.80. The molecular formula is C21H28N4O2S. The van der Waals surface area contributed by atoms with Crippen molar-refractivity contribution in [3.63, 3.8) is 0 Å².